The summed E-state index contributed by atoms with van der Waals surface area (Å²) in [6.45, 7) is 7.98. The van der Waals surface area contributed by atoms with Gasteiger partial charge in [-0.1, -0.05) is 0 Å². The molecule has 2 rings (SSSR count). The maximum atomic E-state index is 11.7. The minimum Gasteiger partial charge on any atom is -0.469 e. The van der Waals surface area contributed by atoms with Crippen LogP contribution in [-0.2, 0) is 18.8 Å². The first kappa shape index (κ1) is 16.0. The number of carbonyl (C=O) groups excluding carboxylic acids is 1. The van der Waals surface area contributed by atoms with Gasteiger partial charge in [-0.3, -0.25) is 9.78 Å². The standard InChI is InChI=1S/C15H22BNO4/c1-14(2)15(3,4)21-16(20-14)12(10-13(18)19-5)11-6-8-17-9-7-11/h6-9,12H,10H2,1-5H3. The van der Waals surface area contributed by atoms with Crippen LogP contribution >= 0.6 is 0 Å². The van der Waals surface area contributed by atoms with E-state index >= 15 is 0 Å². The summed E-state index contributed by atoms with van der Waals surface area (Å²) >= 11 is 0. The van der Waals surface area contributed by atoms with Gasteiger partial charge in [-0.2, -0.15) is 0 Å². The lowest BCUT2D eigenvalue weighted by Crippen LogP contribution is -2.41. The molecule has 21 heavy (non-hydrogen) atoms. The van der Waals surface area contributed by atoms with E-state index in [0.717, 1.165) is 5.56 Å². The van der Waals surface area contributed by atoms with Crippen molar-refractivity contribution >= 4 is 13.1 Å². The second kappa shape index (κ2) is 5.77. The Balaban J connectivity index is 2.27. The van der Waals surface area contributed by atoms with Crippen LogP contribution in [0.2, 0.25) is 0 Å². The fourth-order valence-corrected chi connectivity index (χ4v) is 2.30. The smallest absolute Gasteiger partial charge is 0.466 e. The van der Waals surface area contributed by atoms with Crippen LogP contribution in [0.4, 0.5) is 0 Å². The van der Waals surface area contributed by atoms with Crippen molar-refractivity contribution in [3.63, 3.8) is 0 Å². The molecule has 6 heteroatoms. The van der Waals surface area contributed by atoms with Gasteiger partial charge in [0.2, 0.25) is 0 Å². The molecule has 1 unspecified atom stereocenters. The number of ether oxygens (including phenoxy) is 1. The van der Waals surface area contributed by atoms with Crippen molar-refractivity contribution in [1.82, 2.24) is 4.98 Å². The number of hydrogen-bond donors (Lipinski definition) is 0. The molecule has 0 amide bonds. The van der Waals surface area contributed by atoms with E-state index in [4.69, 9.17) is 14.0 Å². The third-order valence-electron chi connectivity index (χ3n) is 4.35. The largest absolute Gasteiger partial charge is 0.469 e. The van der Waals surface area contributed by atoms with Crippen LogP contribution < -0.4 is 0 Å². The number of pyridine rings is 1. The summed E-state index contributed by atoms with van der Waals surface area (Å²) in [6, 6.07) is 3.75. The number of hydrogen-bond acceptors (Lipinski definition) is 5. The van der Waals surface area contributed by atoms with Crippen molar-refractivity contribution in [3.05, 3.63) is 30.1 Å². The Morgan fingerprint density at radius 3 is 2.24 bits per heavy atom. The second-order valence-corrected chi connectivity index (χ2v) is 6.29. The molecule has 5 nitrogen and oxygen atoms in total. The molecule has 1 saturated heterocycles. The van der Waals surface area contributed by atoms with Crippen LogP contribution in [0.5, 0.6) is 0 Å². The number of carbonyl (C=O) groups is 1. The zero-order valence-electron chi connectivity index (χ0n) is 13.3. The summed E-state index contributed by atoms with van der Waals surface area (Å²) in [7, 11) is 0.896. The quantitative estimate of drug-likeness (QED) is 0.629. The summed E-state index contributed by atoms with van der Waals surface area (Å²) in [5.74, 6) is -0.506. The van der Waals surface area contributed by atoms with Crippen LogP contribution in [0, 0.1) is 0 Å². The average molecular weight is 291 g/mol. The van der Waals surface area contributed by atoms with E-state index in [1.165, 1.54) is 7.11 Å². The monoisotopic (exact) mass is 291 g/mol. The maximum absolute atomic E-state index is 11.7. The van der Waals surface area contributed by atoms with Gasteiger partial charge in [0.15, 0.2) is 0 Å². The van der Waals surface area contributed by atoms with E-state index in [9.17, 15) is 4.79 Å². The predicted octanol–water partition coefficient (Wildman–Crippen LogP) is 2.36. The van der Waals surface area contributed by atoms with Crippen LogP contribution in [0.25, 0.3) is 0 Å². The van der Waals surface area contributed by atoms with E-state index in [2.05, 4.69) is 4.98 Å². The first-order valence-corrected chi connectivity index (χ1v) is 7.09. The lowest BCUT2D eigenvalue weighted by molar-refractivity contribution is -0.140. The fourth-order valence-electron chi connectivity index (χ4n) is 2.30. The number of aromatic nitrogens is 1. The Kier molecular flexibility index (Phi) is 4.39. The number of methoxy groups -OCH3 is 1. The normalized spacial score (nSPS) is 21.1. The van der Waals surface area contributed by atoms with Gasteiger partial charge in [0, 0.05) is 18.2 Å². The van der Waals surface area contributed by atoms with Crippen LogP contribution in [0.1, 0.15) is 45.5 Å². The van der Waals surface area contributed by atoms with E-state index < -0.39 is 18.3 Å². The number of nitrogens with zero attached hydrogens (tertiary/aromatic N) is 1. The minimum atomic E-state index is -0.489. The molecule has 1 aromatic rings. The second-order valence-electron chi connectivity index (χ2n) is 6.29. The Morgan fingerprint density at radius 1 is 1.24 bits per heavy atom. The van der Waals surface area contributed by atoms with Gasteiger partial charge in [0.25, 0.3) is 0 Å². The summed E-state index contributed by atoms with van der Waals surface area (Å²) in [4.78, 5) is 15.7. The van der Waals surface area contributed by atoms with Gasteiger partial charge in [-0.25, -0.2) is 0 Å². The Labute approximate surface area is 126 Å². The molecule has 0 aromatic carbocycles. The molecule has 0 saturated carbocycles. The van der Waals surface area contributed by atoms with Crippen LogP contribution in [0.3, 0.4) is 0 Å². The van der Waals surface area contributed by atoms with E-state index in [-0.39, 0.29) is 18.2 Å². The highest BCUT2D eigenvalue weighted by Gasteiger charge is 2.54. The summed E-state index contributed by atoms with van der Waals surface area (Å²) in [5, 5.41) is 0. The topological polar surface area (TPSA) is 57.7 Å². The van der Waals surface area contributed by atoms with E-state index in [1.807, 2.05) is 39.8 Å². The first-order valence-electron chi connectivity index (χ1n) is 7.09. The third-order valence-corrected chi connectivity index (χ3v) is 4.35. The summed E-state index contributed by atoms with van der Waals surface area (Å²) in [6.07, 6.45) is 3.60. The molecule has 2 heterocycles. The van der Waals surface area contributed by atoms with Crippen molar-refractivity contribution in [1.29, 1.82) is 0 Å². The minimum absolute atomic E-state index is 0.206. The zero-order valence-corrected chi connectivity index (χ0v) is 13.3. The van der Waals surface area contributed by atoms with Crippen molar-refractivity contribution in [2.45, 2.75) is 51.1 Å². The molecule has 0 radical (unpaired) electrons. The molecule has 114 valence electrons. The fraction of sp³-hybridized carbons (Fsp3) is 0.600. The highest BCUT2D eigenvalue weighted by Crippen LogP contribution is 2.41. The number of rotatable bonds is 4. The molecule has 1 aliphatic heterocycles. The molecule has 1 aliphatic rings. The molecule has 1 fully saturated rings. The summed E-state index contributed by atoms with van der Waals surface area (Å²) in [5.41, 5.74) is 0.0897. The Hall–Kier alpha value is -1.40. The molecule has 1 atom stereocenters. The highest BCUT2D eigenvalue weighted by atomic mass is 16.7. The highest BCUT2D eigenvalue weighted by molar-refractivity contribution is 6.48. The van der Waals surface area contributed by atoms with E-state index in [1.54, 1.807) is 12.4 Å². The lowest BCUT2D eigenvalue weighted by Gasteiger charge is -2.32. The third kappa shape index (κ3) is 3.27. The summed E-state index contributed by atoms with van der Waals surface area (Å²) < 4.78 is 17.0. The van der Waals surface area contributed by atoms with Crippen molar-refractivity contribution in [2.24, 2.45) is 0 Å². The van der Waals surface area contributed by atoms with Crippen molar-refractivity contribution in [2.75, 3.05) is 7.11 Å². The van der Waals surface area contributed by atoms with Gasteiger partial charge >= 0.3 is 13.1 Å². The molecular formula is C15H22BNO4. The molecule has 1 aromatic heterocycles. The van der Waals surface area contributed by atoms with Crippen molar-refractivity contribution in [3.8, 4) is 0 Å². The average Bonchev–Trinajstić information content (AvgIpc) is 2.65. The Bertz CT molecular complexity index is 488. The van der Waals surface area contributed by atoms with Gasteiger partial charge in [0.1, 0.15) is 0 Å². The van der Waals surface area contributed by atoms with Crippen LogP contribution in [0.15, 0.2) is 24.5 Å². The predicted molar refractivity (Wildman–Crippen MR) is 79.7 cm³/mol. The lowest BCUT2D eigenvalue weighted by atomic mass is 9.66. The SMILES string of the molecule is COC(=O)CC(B1OC(C)(C)C(C)(C)O1)c1ccncc1. The first-order chi connectivity index (χ1) is 9.77. The number of esters is 1. The molecule has 0 N–H and O–H groups in total. The van der Waals surface area contributed by atoms with Gasteiger partial charge in [-0.15, -0.1) is 0 Å². The molecule has 0 spiro atoms. The van der Waals surface area contributed by atoms with E-state index in [0.29, 0.717) is 0 Å². The van der Waals surface area contributed by atoms with Gasteiger partial charge < -0.3 is 14.0 Å². The molecular weight excluding hydrogens is 269 g/mol. The maximum Gasteiger partial charge on any atom is 0.466 e. The van der Waals surface area contributed by atoms with Crippen molar-refractivity contribution < 1.29 is 18.8 Å². The Morgan fingerprint density at radius 2 is 1.76 bits per heavy atom. The molecule has 0 aliphatic carbocycles. The van der Waals surface area contributed by atoms with Gasteiger partial charge in [-0.05, 0) is 45.4 Å². The molecule has 0 bridgehead atoms. The van der Waals surface area contributed by atoms with Gasteiger partial charge in [0.05, 0.1) is 24.7 Å². The zero-order chi connectivity index (χ0) is 15.7. The van der Waals surface area contributed by atoms with Crippen LogP contribution in [-0.4, -0.2) is 36.4 Å².